The number of para-hydroxylation sites is 1. The molecule has 1 rings (SSSR count). The van der Waals surface area contributed by atoms with Gasteiger partial charge in [-0.3, -0.25) is 4.79 Å². The predicted molar refractivity (Wildman–Crippen MR) is 69.6 cm³/mol. The molecular formula is C12H17N3O4. The van der Waals surface area contributed by atoms with E-state index in [0.717, 1.165) is 0 Å². The quantitative estimate of drug-likeness (QED) is 0.198. The Labute approximate surface area is 110 Å². The maximum Gasteiger partial charge on any atom is 0.255 e. The molecule has 7 nitrogen and oxygen atoms in total. The van der Waals surface area contributed by atoms with Crippen LogP contribution in [0, 0.1) is 0 Å². The van der Waals surface area contributed by atoms with Crippen LogP contribution in [0.1, 0.15) is 23.2 Å². The van der Waals surface area contributed by atoms with Crippen molar-refractivity contribution in [2.75, 3.05) is 13.7 Å². The zero-order valence-corrected chi connectivity index (χ0v) is 10.6. The fourth-order valence-electron chi connectivity index (χ4n) is 1.49. The molecule has 5 N–H and O–H groups in total. The Morgan fingerprint density at radius 1 is 1.53 bits per heavy atom. The molecular weight excluding hydrogens is 250 g/mol. The van der Waals surface area contributed by atoms with Crippen LogP contribution >= 0.6 is 0 Å². The van der Waals surface area contributed by atoms with Gasteiger partial charge in [0.1, 0.15) is 5.84 Å². The van der Waals surface area contributed by atoms with Crippen LogP contribution in [0.2, 0.25) is 0 Å². The monoisotopic (exact) mass is 267 g/mol. The van der Waals surface area contributed by atoms with Gasteiger partial charge in [-0.25, -0.2) is 0 Å². The van der Waals surface area contributed by atoms with Crippen molar-refractivity contribution in [3.05, 3.63) is 23.8 Å². The van der Waals surface area contributed by atoms with Crippen LogP contribution in [-0.4, -0.2) is 35.7 Å². The van der Waals surface area contributed by atoms with Gasteiger partial charge in [0, 0.05) is 13.0 Å². The Morgan fingerprint density at radius 2 is 2.26 bits per heavy atom. The summed E-state index contributed by atoms with van der Waals surface area (Å²) < 4.78 is 4.92. The van der Waals surface area contributed by atoms with E-state index in [1.807, 2.05) is 0 Å². The maximum absolute atomic E-state index is 11.8. The first kappa shape index (κ1) is 14.6. The molecule has 0 radical (unpaired) electrons. The molecule has 1 aromatic carbocycles. The highest BCUT2D eigenvalue weighted by atomic mass is 16.5. The van der Waals surface area contributed by atoms with Crippen LogP contribution < -0.4 is 15.8 Å². The van der Waals surface area contributed by atoms with E-state index in [2.05, 4.69) is 10.5 Å². The number of oxime groups is 1. The lowest BCUT2D eigenvalue weighted by Crippen LogP contribution is -2.25. The van der Waals surface area contributed by atoms with Crippen LogP contribution in [0.4, 0.5) is 0 Å². The number of methoxy groups -OCH3 is 1. The number of phenols is 1. The Kier molecular flexibility index (Phi) is 5.46. The highest BCUT2D eigenvalue weighted by molar-refractivity contribution is 5.97. The first-order chi connectivity index (χ1) is 9.10. The molecule has 0 aliphatic heterocycles. The average Bonchev–Trinajstić information content (AvgIpc) is 2.43. The highest BCUT2D eigenvalue weighted by Crippen LogP contribution is 2.29. The first-order valence-corrected chi connectivity index (χ1v) is 5.70. The average molecular weight is 267 g/mol. The second-order valence-electron chi connectivity index (χ2n) is 3.81. The molecule has 0 spiro atoms. The van der Waals surface area contributed by atoms with Gasteiger partial charge >= 0.3 is 0 Å². The summed E-state index contributed by atoms with van der Waals surface area (Å²) in [5.41, 5.74) is 5.44. The minimum atomic E-state index is -0.407. The molecule has 0 unspecified atom stereocenters. The van der Waals surface area contributed by atoms with Crippen molar-refractivity contribution in [3.63, 3.8) is 0 Å². The Hall–Kier alpha value is -2.44. The van der Waals surface area contributed by atoms with Gasteiger partial charge in [-0.05, 0) is 18.6 Å². The summed E-state index contributed by atoms with van der Waals surface area (Å²) in [6.07, 6.45) is 0.910. The number of carbonyl (C=O) groups is 1. The molecule has 1 aromatic rings. The molecule has 1 amide bonds. The molecule has 19 heavy (non-hydrogen) atoms. The molecule has 7 heteroatoms. The van der Waals surface area contributed by atoms with Crippen LogP contribution in [0.5, 0.6) is 11.5 Å². The number of hydrogen-bond donors (Lipinski definition) is 4. The van der Waals surface area contributed by atoms with E-state index in [1.54, 1.807) is 12.1 Å². The molecule has 0 aliphatic carbocycles. The van der Waals surface area contributed by atoms with Crippen LogP contribution in [0.25, 0.3) is 0 Å². The smallest absolute Gasteiger partial charge is 0.255 e. The molecule has 0 heterocycles. The fraction of sp³-hybridized carbons (Fsp3) is 0.333. The van der Waals surface area contributed by atoms with Crippen molar-refractivity contribution in [2.24, 2.45) is 10.9 Å². The van der Waals surface area contributed by atoms with Gasteiger partial charge in [0.2, 0.25) is 0 Å². The second kappa shape index (κ2) is 7.10. The number of nitrogens with zero attached hydrogens (tertiary/aromatic N) is 1. The molecule has 104 valence electrons. The van der Waals surface area contributed by atoms with Gasteiger partial charge in [-0.15, -0.1) is 0 Å². The van der Waals surface area contributed by atoms with Crippen molar-refractivity contribution in [3.8, 4) is 11.5 Å². The number of hydrogen-bond acceptors (Lipinski definition) is 5. The van der Waals surface area contributed by atoms with E-state index in [4.69, 9.17) is 15.7 Å². The summed E-state index contributed by atoms with van der Waals surface area (Å²) in [5, 5.41) is 23.6. The highest BCUT2D eigenvalue weighted by Gasteiger charge is 2.13. The van der Waals surface area contributed by atoms with E-state index in [9.17, 15) is 9.90 Å². The van der Waals surface area contributed by atoms with Gasteiger partial charge in [-0.1, -0.05) is 11.2 Å². The van der Waals surface area contributed by atoms with Gasteiger partial charge in [0.15, 0.2) is 11.5 Å². The number of aromatic hydroxyl groups is 1. The first-order valence-electron chi connectivity index (χ1n) is 5.70. The van der Waals surface area contributed by atoms with E-state index in [-0.39, 0.29) is 22.9 Å². The number of carbonyl (C=O) groups excluding carboxylic acids is 1. The molecule has 0 saturated carbocycles. The van der Waals surface area contributed by atoms with E-state index in [0.29, 0.717) is 19.4 Å². The van der Waals surface area contributed by atoms with Gasteiger partial charge < -0.3 is 26.1 Å². The minimum Gasteiger partial charge on any atom is -0.504 e. The van der Waals surface area contributed by atoms with Gasteiger partial charge in [-0.2, -0.15) is 0 Å². The van der Waals surface area contributed by atoms with Crippen LogP contribution in [-0.2, 0) is 0 Å². The van der Waals surface area contributed by atoms with E-state index >= 15 is 0 Å². The molecule has 0 aliphatic rings. The fourth-order valence-corrected chi connectivity index (χ4v) is 1.49. The Balaban J connectivity index is 2.55. The summed E-state index contributed by atoms with van der Waals surface area (Å²) in [6, 6.07) is 4.67. The van der Waals surface area contributed by atoms with Gasteiger partial charge in [0.25, 0.3) is 5.91 Å². The Bertz CT molecular complexity index is 474. The number of ether oxygens (including phenoxy) is 1. The lowest BCUT2D eigenvalue weighted by molar-refractivity contribution is 0.0950. The number of nitrogens with one attached hydrogen (secondary N) is 1. The summed E-state index contributed by atoms with van der Waals surface area (Å²) in [6.45, 7) is 0.353. The van der Waals surface area contributed by atoms with E-state index in [1.165, 1.54) is 13.2 Å². The van der Waals surface area contributed by atoms with Crippen molar-refractivity contribution < 1.29 is 19.8 Å². The van der Waals surface area contributed by atoms with Crippen molar-refractivity contribution >= 4 is 11.7 Å². The van der Waals surface area contributed by atoms with Crippen molar-refractivity contribution in [1.82, 2.24) is 5.32 Å². The summed E-state index contributed by atoms with van der Waals surface area (Å²) in [5.74, 6) is -0.252. The number of rotatable bonds is 6. The van der Waals surface area contributed by atoms with Crippen LogP contribution in [0.15, 0.2) is 23.4 Å². The normalized spacial score (nSPS) is 11.1. The molecule has 0 atom stereocenters. The topological polar surface area (TPSA) is 117 Å². The third-order valence-corrected chi connectivity index (χ3v) is 2.49. The summed E-state index contributed by atoms with van der Waals surface area (Å²) >= 11 is 0. The summed E-state index contributed by atoms with van der Waals surface area (Å²) in [7, 11) is 1.41. The zero-order valence-electron chi connectivity index (χ0n) is 10.6. The minimum absolute atomic E-state index is 0.110. The lowest BCUT2D eigenvalue weighted by atomic mass is 10.1. The standard InChI is InChI=1S/C12H17N3O4/c1-19-9-5-2-4-8(11(9)16)12(17)14-7-3-6-10(13)15-18/h2,4-5,16,18H,3,6-7H2,1H3,(H2,13,15)(H,14,17). The van der Waals surface area contributed by atoms with Crippen molar-refractivity contribution in [2.45, 2.75) is 12.8 Å². The third-order valence-electron chi connectivity index (χ3n) is 2.49. The largest absolute Gasteiger partial charge is 0.504 e. The van der Waals surface area contributed by atoms with E-state index < -0.39 is 5.91 Å². The number of amides is 1. The van der Waals surface area contributed by atoms with Crippen LogP contribution in [0.3, 0.4) is 0 Å². The zero-order chi connectivity index (χ0) is 14.3. The number of benzene rings is 1. The molecule has 0 aromatic heterocycles. The maximum atomic E-state index is 11.8. The molecule has 0 fully saturated rings. The van der Waals surface area contributed by atoms with Crippen molar-refractivity contribution in [1.29, 1.82) is 0 Å². The summed E-state index contributed by atoms with van der Waals surface area (Å²) in [4.78, 5) is 11.8. The SMILES string of the molecule is COc1cccc(C(=O)NCCCC(N)=NO)c1O. The number of phenolic OH excluding ortho intramolecular Hbond substituents is 1. The number of amidine groups is 1. The predicted octanol–water partition coefficient (Wildman–Crippen LogP) is 0.657. The second-order valence-corrected chi connectivity index (χ2v) is 3.81. The lowest BCUT2D eigenvalue weighted by Gasteiger charge is -2.09. The molecule has 0 bridgehead atoms. The number of nitrogens with two attached hydrogens (primary N) is 1. The third kappa shape index (κ3) is 4.06. The molecule has 0 saturated heterocycles. The Morgan fingerprint density at radius 3 is 2.89 bits per heavy atom. The van der Waals surface area contributed by atoms with Gasteiger partial charge in [0.05, 0.1) is 12.7 Å².